The van der Waals surface area contributed by atoms with Crippen molar-refractivity contribution in [1.82, 2.24) is 15.0 Å². The lowest BCUT2D eigenvalue weighted by Crippen LogP contribution is -2.34. The fourth-order valence-corrected chi connectivity index (χ4v) is 2.39. The quantitative estimate of drug-likeness (QED) is 0.807. The molecule has 0 aliphatic carbocycles. The molecule has 2 rings (SSSR count). The molecule has 1 aromatic heterocycles. The molecular weight excluding hydrogens is 214 g/mol. The lowest BCUT2D eigenvalue weighted by Gasteiger charge is -2.30. The molecule has 0 N–H and O–H groups in total. The first kappa shape index (κ1) is 12.6. The van der Waals surface area contributed by atoms with Crippen LogP contribution in [0.3, 0.4) is 0 Å². The van der Waals surface area contributed by atoms with Gasteiger partial charge in [0, 0.05) is 12.5 Å². The SMILES string of the molecule is CC[C@@H]1CCCN(Cc2nc(C(C)C)no2)C1. The van der Waals surface area contributed by atoms with Crippen molar-refractivity contribution in [3.63, 3.8) is 0 Å². The van der Waals surface area contributed by atoms with Gasteiger partial charge in [-0.2, -0.15) is 4.98 Å². The highest BCUT2D eigenvalue weighted by Crippen LogP contribution is 2.20. The first-order chi connectivity index (χ1) is 8.19. The van der Waals surface area contributed by atoms with Crippen molar-refractivity contribution in [1.29, 1.82) is 0 Å². The molecule has 0 radical (unpaired) electrons. The second kappa shape index (κ2) is 5.63. The molecule has 4 heteroatoms. The highest BCUT2D eigenvalue weighted by molar-refractivity contribution is 4.92. The van der Waals surface area contributed by atoms with Crippen LogP contribution in [0.15, 0.2) is 4.52 Å². The van der Waals surface area contributed by atoms with E-state index in [2.05, 4.69) is 35.8 Å². The third-order valence-corrected chi connectivity index (χ3v) is 3.54. The van der Waals surface area contributed by atoms with Gasteiger partial charge < -0.3 is 4.52 Å². The lowest BCUT2D eigenvalue weighted by molar-refractivity contribution is 0.148. The topological polar surface area (TPSA) is 42.2 Å². The molecule has 1 fully saturated rings. The number of hydrogen-bond donors (Lipinski definition) is 0. The summed E-state index contributed by atoms with van der Waals surface area (Å²) in [7, 11) is 0. The Kier molecular flexibility index (Phi) is 4.15. The van der Waals surface area contributed by atoms with Crippen molar-refractivity contribution in [2.45, 2.75) is 52.5 Å². The van der Waals surface area contributed by atoms with Crippen molar-refractivity contribution < 1.29 is 4.52 Å². The fraction of sp³-hybridized carbons (Fsp3) is 0.846. The van der Waals surface area contributed by atoms with E-state index >= 15 is 0 Å². The van der Waals surface area contributed by atoms with Gasteiger partial charge in [0.05, 0.1) is 6.54 Å². The number of aromatic nitrogens is 2. The van der Waals surface area contributed by atoms with Crippen LogP contribution in [0.5, 0.6) is 0 Å². The summed E-state index contributed by atoms with van der Waals surface area (Å²) in [4.78, 5) is 6.88. The largest absolute Gasteiger partial charge is 0.338 e. The Morgan fingerprint density at radius 1 is 1.47 bits per heavy atom. The minimum Gasteiger partial charge on any atom is -0.338 e. The molecular formula is C13H23N3O. The maximum Gasteiger partial charge on any atom is 0.240 e. The van der Waals surface area contributed by atoms with E-state index in [0.29, 0.717) is 5.92 Å². The molecule has 1 saturated heterocycles. The van der Waals surface area contributed by atoms with Crippen LogP contribution in [0.4, 0.5) is 0 Å². The van der Waals surface area contributed by atoms with Crippen molar-refractivity contribution >= 4 is 0 Å². The Labute approximate surface area is 103 Å². The first-order valence-electron chi connectivity index (χ1n) is 6.73. The van der Waals surface area contributed by atoms with E-state index in [1.54, 1.807) is 0 Å². The van der Waals surface area contributed by atoms with Crippen LogP contribution in [0.2, 0.25) is 0 Å². The zero-order valence-electron chi connectivity index (χ0n) is 11.1. The molecule has 0 unspecified atom stereocenters. The average Bonchev–Trinajstić information content (AvgIpc) is 2.78. The Balaban J connectivity index is 1.91. The molecule has 96 valence electrons. The molecule has 4 nitrogen and oxygen atoms in total. The van der Waals surface area contributed by atoms with E-state index in [1.165, 1.54) is 25.8 Å². The van der Waals surface area contributed by atoms with Crippen LogP contribution in [-0.2, 0) is 6.54 Å². The Hall–Kier alpha value is -0.900. The van der Waals surface area contributed by atoms with Crippen molar-refractivity contribution in [2.24, 2.45) is 5.92 Å². The summed E-state index contributed by atoms with van der Waals surface area (Å²) in [6.45, 7) is 9.60. The van der Waals surface area contributed by atoms with Gasteiger partial charge in [-0.15, -0.1) is 0 Å². The second-order valence-electron chi connectivity index (χ2n) is 5.35. The van der Waals surface area contributed by atoms with Gasteiger partial charge in [-0.25, -0.2) is 0 Å². The van der Waals surface area contributed by atoms with Gasteiger partial charge in [0.1, 0.15) is 0 Å². The van der Waals surface area contributed by atoms with Gasteiger partial charge in [0.15, 0.2) is 5.82 Å². The summed E-state index contributed by atoms with van der Waals surface area (Å²) in [6, 6.07) is 0. The molecule has 1 atom stereocenters. The van der Waals surface area contributed by atoms with Crippen LogP contribution in [-0.4, -0.2) is 28.1 Å². The Bertz CT molecular complexity index is 348. The van der Waals surface area contributed by atoms with Crippen LogP contribution in [0.1, 0.15) is 57.7 Å². The van der Waals surface area contributed by atoms with E-state index in [-0.39, 0.29) is 0 Å². The molecule has 2 heterocycles. The number of nitrogens with zero attached hydrogens (tertiary/aromatic N) is 3. The predicted molar refractivity (Wildman–Crippen MR) is 66.7 cm³/mol. The minimum atomic E-state index is 0.345. The normalized spacial score (nSPS) is 22.2. The maximum absolute atomic E-state index is 5.29. The zero-order chi connectivity index (χ0) is 12.3. The molecule has 0 saturated carbocycles. The third kappa shape index (κ3) is 3.28. The van der Waals surface area contributed by atoms with Crippen LogP contribution >= 0.6 is 0 Å². The zero-order valence-corrected chi connectivity index (χ0v) is 11.1. The van der Waals surface area contributed by atoms with Gasteiger partial charge in [0.25, 0.3) is 0 Å². The highest BCUT2D eigenvalue weighted by atomic mass is 16.5. The number of rotatable bonds is 4. The van der Waals surface area contributed by atoms with Gasteiger partial charge in [-0.1, -0.05) is 32.3 Å². The van der Waals surface area contributed by atoms with Crippen molar-refractivity contribution in [2.75, 3.05) is 13.1 Å². The summed E-state index contributed by atoms with van der Waals surface area (Å²) in [5.41, 5.74) is 0. The number of likely N-dealkylation sites (tertiary alicyclic amines) is 1. The number of piperidine rings is 1. The monoisotopic (exact) mass is 237 g/mol. The molecule has 0 bridgehead atoms. The maximum atomic E-state index is 5.29. The summed E-state index contributed by atoms with van der Waals surface area (Å²) >= 11 is 0. The minimum absolute atomic E-state index is 0.345. The first-order valence-corrected chi connectivity index (χ1v) is 6.73. The van der Waals surface area contributed by atoms with E-state index in [1.807, 2.05) is 0 Å². The van der Waals surface area contributed by atoms with Crippen molar-refractivity contribution in [3.8, 4) is 0 Å². The number of hydrogen-bond acceptors (Lipinski definition) is 4. The molecule has 0 spiro atoms. The summed E-state index contributed by atoms with van der Waals surface area (Å²) < 4.78 is 5.29. The summed E-state index contributed by atoms with van der Waals surface area (Å²) in [6.07, 6.45) is 3.94. The smallest absolute Gasteiger partial charge is 0.240 e. The molecule has 17 heavy (non-hydrogen) atoms. The van der Waals surface area contributed by atoms with Crippen molar-refractivity contribution in [3.05, 3.63) is 11.7 Å². The van der Waals surface area contributed by atoms with Gasteiger partial charge in [-0.05, 0) is 25.3 Å². The van der Waals surface area contributed by atoms with Gasteiger partial charge in [0.2, 0.25) is 5.89 Å². The molecule has 1 aliphatic heterocycles. The Morgan fingerprint density at radius 3 is 2.94 bits per heavy atom. The van der Waals surface area contributed by atoms with Crippen LogP contribution < -0.4 is 0 Å². The van der Waals surface area contributed by atoms with E-state index in [9.17, 15) is 0 Å². The predicted octanol–water partition coefficient (Wildman–Crippen LogP) is 2.82. The molecule has 0 aromatic carbocycles. The molecule has 1 aliphatic rings. The van der Waals surface area contributed by atoms with E-state index < -0.39 is 0 Å². The third-order valence-electron chi connectivity index (χ3n) is 3.54. The lowest BCUT2D eigenvalue weighted by atomic mass is 9.96. The van der Waals surface area contributed by atoms with Gasteiger partial charge >= 0.3 is 0 Å². The molecule has 1 aromatic rings. The fourth-order valence-electron chi connectivity index (χ4n) is 2.39. The highest BCUT2D eigenvalue weighted by Gasteiger charge is 2.20. The average molecular weight is 237 g/mol. The molecule has 0 amide bonds. The van der Waals surface area contributed by atoms with E-state index in [4.69, 9.17) is 4.52 Å². The standard InChI is InChI=1S/C13H23N3O/c1-4-11-6-5-7-16(8-11)9-12-14-13(10(2)3)15-17-12/h10-11H,4-9H2,1-3H3/t11-/m1/s1. The Morgan fingerprint density at radius 2 is 2.29 bits per heavy atom. The summed E-state index contributed by atoms with van der Waals surface area (Å²) in [5, 5.41) is 4.01. The summed E-state index contributed by atoms with van der Waals surface area (Å²) in [5.74, 6) is 2.78. The van der Waals surface area contributed by atoms with Crippen LogP contribution in [0.25, 0.3) is 0 Å². The van der Waals surface area contributed by atoms with Crippen LogP contribution in [0, 0.1) is 5.92 Å². The second-order valence-corrected chi connectivity index (χ2v) is 5.35. The van der Waals surface area contributed by atoms with Gasteiger partial charge in [-0.3, -0.25) is 4.90 Å². The van der Waals surface area contributed by atoms with E-state index in [0.717, 1.165) is 30.7 Å².